The summed E-state index contributed by atoms with van der Waals surface area (Å²) in [6.45, 7) is 2.14. The van der Waals surface area contributed by atoms with Crippen molar-refractivity contribution < 1.29 is 13.4 Å². The van der Waals surface area contributed by atoms with Crippen LogP contribution in [0.3, 0.4) is 0 Å². The molecule has 0 aromatic rings. The molecule has 0 unspecified atom stereocenters. The van der Waals surface area contributed by atoms with Crippen LogP contribution in [0.4, 0.5) is 13.4 Å². The number of halogens is 3. The van der Waals surface area contributed by atoms with Gasteiger partial charge in [0.25, 0.3) is 5.96 Å². The molecule has 0 heterocycles. The van der Waals surface area contributed by atoms with Crippen molar-refractivity contribution in [1.82, 2.24) is 5.34 Å². The molecule has 0 aliphatic heterocycles. The van der Waals surface area contributed by atoms with Gasteiger partial charge in [0.15, 0.2) is 0 Å². The lowest BCUT2D eigenvalue weighted by Crippen LogP contribution is -2.22. The minimum Gasteiger partial charge on any atom is -0.363 e. The van der Waals surface area contributed by atoms with Crippen molar-refractivity contribution in [3.05, 3.63) is 34.2 Å². The van der Waals surface area contributed by atoms with Crippen LogP contribution in [-0.4, -0.2) is 11.3 Å². The first-order valence-corrected chi connectivity index (χ1v) is 3.73. The van der Waals surface area contributed by atoms with E-state index in [1.165, 1.54) is 21.2 Å². The van der Waals surface area contributed by atoms with E-state index in [4.69, 9.17) is 0 Å². The van der Waals surface area contributed by atoms with Crippen LogP contribution >= 0.6 is 0 Å². The van der Waals surface area contributed by atoms with E-state index in [2.05, 4.69) is 30.9 Å². The van der Waals surface area contributed by atoms with Crippen molar-refractivity contribution in [2.45, 2.75) is 6.92 Å². The zero-order chi connectivity index (χ0) is 10.7. The molecular weight excluding hydrogens is 195 g/mol. The lowest BCUT2D eigenvalue weighted by molar-refractivity contribution is -0.0767. The van der Waals surface area contributed by atoms with Crippen LogP contribution < -0.4 is 5.73 Å². The average molecular weight is 203 g/mol. The second-order valence-electron chi connectivity index (χ2n) is 2.71. The second kappa shape index (κ2) is 3.99. The maximum atomic E-state index is 10.8. The van der Waals surface area contributed by atoms with Gasteiger partial charge < -0.3 is 5.73 Å². The highest BCUT2D eigenvalue weighted by molar-refractivity contribution is 5.74. The quantitative estimate of drug-likeness (QED) is 0.403. The zero-order valence-electron chi connectivity index (χ0n) is 7.34. The molecule has 2 N–H and O–H groups in total. The monoisotopic (exact) mass is 203 g/mol. The van der Waals surface area contributed by atoms with E-state index >= 15 is 0 Å². The molecule has 0 aromatic heterocycles. The third-order valence-corrected chi connectivity index (χ3v) is 1.80. The third kappa shape index (κ3) is 1.95. The summed E-state index contributed by atoms with van der Waals surface area (Å²) in [6.07, 6.45) is 0. The number of hydrogen-bond donors (Lipinski definition) is 1. The van der Waals surface area contributed by atoms with Gasteiger partial charge in [-0.05, 0) is 33.5 Å². The Hall–Kier alpha value is -1.72. The Kier molecular flexibility index (Phi) is 2.95. The molecule has 3 nitrogen and oxygen atoms in total. The van der Waals surface area contributed by atoms with E-state index in [0.717, 1.165) is 0 Å². The minimum absolute atomic E-state index is 1.44. The minimum atomic E-state index is -1.62. The summed E-state index contributed by atoms with van der Waals surface area (Å²) in [4.78, 5) is 0. The summed E-state index contributed by atoms with van der Waals surface area (Å²) in [5.41, 5.74) is 5.61. The van der Waals surface area contributed by atoms with Crippen LogP contribution in [0.25, 0.3) is 0 Å². The van der Waals surface area contributed by atoms with Gasteiger partial charge in [0.1, 0.15) is 0 Å². The van der Waals surface area contributed by atoms with E-state index in [-0.39, 0.29) is 0 Å². The van der Waals surface area contributed by atoms with Gasteiger partial charge in [0, 0.05) is 0 Å². The fraction of sp³-hybridized carbons (Fsp3) is 0.125. The lowest BCUT2D eigenvalue weighted by Gasteiger charge is -2.04. The highest BCUT2D eigenvalue weighted by atomic mass is 19.4. The lowest BCUT2D eigenvalue weighted by atomic mass is 10.0. The Balaban J connectivity index is 0.000000140. The predicted molar refractivity (Wildman–Crippen MR) is 45.6 cm³/mol. The van der Waals surface area contributed by atoms with Crippen molar-refractivity contribution in [2.24, 2.45) is 10.9 Å². The summed E-state index contributed by atoms with van der Waals surface area (Å²) in [7, 11) is 0. The largest absolute Gasteiger partial charge is 0.363 e. The van der Waals surface area contributed by atoms with Crippen molar-refractivity contribution in [3.8, 4) is 0 Å². The smallest absolute Gasteiger partial charge is 0.288 e. The highest BCUT2D eigenvalue weighted by Gasteiger charge is 2.00. The number of aryl methyl sites for hydroxylation is 1. The van der Waals surface area contributed by atoms with Gasteiger partial charge in [0.05, 0.1) is 0 Å². The van der Waals surface area contributed by atoms with Crippen molar-refractivity contribution in [1.29, 1.82) is 0 Å². The maximum absolute atomic E-state index is 10.8. The Morgan fingerprint density at radius 2 is 2.07 bits per heavy atom. The van der Waals surface area contributed by atoms with Crippen LogP contribution in [0.5, 0.6) is 0 Å². The van der Waals surface area contributed by atoms with Gasteiger partial charge in [0.2, 0.25) is 0 Å². The first-order valence-electron chi connectivity index (χ1n) is 3.73. The summed E-state index contributed by atoms with van der Waals surface area (Å²) in [6, 6.07) is 6.50. The van der Waals surface area contributed by atoms with Gasteiger partial charge in [-0.2, -0.15) is 0 Å². The molecule has 0 aromatic carbocycles. The number of hydrogen-bond acceptors (Lipinski definition) is 1. The van der Waals surface area contributed by atoms with E-state index in [9.17, 15) is 13.4 Å². The molecule has 2 rings (SSSR count). The molecule has 0 saturated carbocycles. The summed E-state index contributed by atoms with van der Waals surface area (Å²) < 4.78 is 32.1. The molecule has 14 heavy (non-hydrogen) atoms. The predicted octanol–water partition coefficient (Wildman–Crippen LogP) is 1.85. The molecule has 6 heteroatoms. The van der Waals surface area contributed by atoms with Crippen LogP contribution in [0, 0.1) is 17.4 Å². The van der Waals surface area contributed by atoms with Crippen LogP contribution in [-0.2, 0) is 0 Å². The Morgan fingerprint density at radius 3 is 2.07 bits per heavy atom. The van der Waals surface area contributed by atoms with Gasteiger partial charge in [-0.25, -0.2) is 0 Å². The SMILES string of the molecule is Cc1cc2ccc1=2.N/C(=N/F)N(F)F. The number of guanidine groups is 1. The van der Waals surface area contributed by atoms with Crippen molar-refractivity contribution >= 4 is 5.96 Å². The molecule has 0 amide bonds. The van der Waals surface area contributed by atoms with Crippen LogP contribution in [0.15, 0.2) is 23.4 Å². The summed E-state index contributed by atoms with van der Waals surface area (Å²) >= 11 is 0. The van der Waals surface area contributed by atoms with Gasteiger partial charge in [-0.15, -0.1) is 0 Å². The summed E-state index contributed by atoms with van der Waals surface area (Å²) in [5, 5.41) is 2.75. The van der Waals surface area contributed by atoms with Crippen LogP contribution in [0.1, 0.15) is 5.56 Å². The molecule has 0 atom stereocenters. The zero-order valence-corrected chi connectivity index (χ0v) is 7.34. The topological polar surface area (TPSA) is 41.6 Å². The van der Waals surface area contributed by atoms with Crippen LogP contribution in [0.2, 0.25) is 0 Å². The number of benzene rings is 1. The first kappa shape index (κ1) is 10.4. The van der Waals surface area contributed by atoms with Gasteiger partial charge in [-0.1, -0.05) is 31.6 Å². The maximum Gasteiger partial charge on any atom is 0.288 e. The second-order valence-corrected chi connectivity index (χ2v) is 2.71. The Labute approximate surface area is 77.8 Å². The normalized spacial score (nSPS) is 11.6. The molecule has 2 aliphatic carbocycles. The van der Waals surface area contributed by atoms with E-state index < -0.39 is 11.3 Å². The van der Waals surface area contributed by atoms with Crippen molar-refractivity contribution in [3.63, 3.8) is 0 Å². The van der Waals surface area contributed by atoms with Gasteiger partial charge in [-0.3, -0.25) is 0 Å². The fourth-order valence-corrected chi connectivity index (χ4v) is 1.01. The molecule has 0 saturated heterocycles. The van der Waals surface area contributed by atoms with E-state index in [0.29, 0.717) is 0 Å². The number of nitrogens with two attached hydrogens (primary N) is 1. The van der Waals surface area contributed by atoms with Crippen molar-refractivity contribution in [2.75, 3.05) is 0 Å². The van der Waals surface area contributed by atoms with E-state index in [1.54, 1.807) is 0 Å². The summed E-state index contributed by atoms with van der Waals surface area (Å²) in [5.74, 6) is -1.44. The number of nitrogens with zero attached hydrogens (tertiary/aromatic N) is 2. The molecule has 76 valence electrons. The number of rotatable bonds is 0. The van der Waals surface area contributed by atoms with Gasteiger partial charge >= 0.3 is 0 Å². The standard InChI is InChI=1S/C7H6.CH2F3N3/c1-5-4-6-2-3-7(5)6;2-6-1(5)7(3)4/h2-4H,1H3;(H2,5,6). The molecule has 0 radical (unpaired) electrons. The fourth-order valence-electron chi connectivity index (χ4n) is 1.01. The average Bonchev–Trinajstić information content (AvgIpc) is 2.13. The third-order valence-electron chi connectivity index (χ3n) is 1.80. The molecule has 0 spiro atoms. The first-order chi connectivity index (χ1) is 6.56. The van der Waals surface area contributed by atoms with E-state index in [1.807, 2.05) is 0 Å². The molecule has 0 bridgehead atoms. The Morgan fingerprint density at radius 1 is 1.43 bits per heavy atom. The molecule has 2 aliphatic rings. The Bertz CT molecular complexity index is 442. The highest BCUT2D eigenvalue weighted by Crippen LogP contribution is 2.12. The molecular formula is C8H8F3N3. The molecule has 0 fully saturated rings.